The van der Waals surface area contributed by atoms with Gasteiger partial charge in [0.15, 0.2) is 0 Å². The van der Waals surface area contributed by atoms with Crippen molar-refractivity contribution < 1.29 is 9.59 Å². The molecule has 1 atom stereocenters. The Morgan fingerprint density at radius 1 is 1.14 bits per heavy atom. The highest BCUT2D eigenvalue weighted by Gasteiger charge is 2.22. The van der Waals surface area contributed by atoms with Gasteiger partial charge in [0, 0.05) is 16.3 Å². The summed E-state index contributed by atoms with van der Waals surface area (Å²) in [6.07, 6.45) is 0.0911. The molecular formula is C22H23ClN4O2. The molecule has 2 amide bonds. The van der Waals surface area contributed by atoms with Crippen LogP contribution in [0.2, 0.25) is 5.02 Å². The molecule has 0 radical (unpaired) electrons. The molecule has 7 heteroatoms. The summed E-state index contributed by atoms with van der Waals surface area (Å²) in [4.78, 5) is 24.5. The smallest absolute Gasteiger partial charge is 0.244 e. The lowest BCUT2D eigenvalue weighted by Crippen LogP contribution is -2.38. The second-order valence-corrected chi connectivity index (χ2v) is 7.39. The normalized spacial score (nSPS) is 11.9. The van der Waals surface area contributed by atoms with Gasteiger partial charge >= 0.3 is 0 Å². The first-order valence-corrected chi connectivity index (χ1v) is 9.61. The zero-order chi connectivity index (χ0) is 21.1. The first-order valence-electron chi connectivity index (χ1n) is 9.23. The van der Waals surface area contributed by atoms with Crippen LogP contribution in [0, 0.1) is 20.8 Å². The van der Waals surface area contributed by atoms with Crippen molar-refractivity contribution in [2.75, 3.05) is 0 Å². The van der Waals surface area contributed by atoms with Crippen molar-refractivity contribution >= 4 is 23.4 Å². The Labute approximate surface area is 174 Å². The minimum atomic E-state index is -0.879. The molecule has 0 saturated carbocycles. The predicted octanol–water partition coefficient (Wildman–Crippen LogP) is 3.34. The van der Waals surface area contributed by atoms with E-state index >= 15 is 0 Å². The van der Waals surface area contributed by atoms with Crippen LogP contribution in [0.5, 0.6) is 0 Å². The lowest BCUT2D eigenvalue weighted by Gasteiger charge is -2.16. The molecule has 1 unspecified atom stereocenters. The molecule has 0 fully saturated rings. The fourth-order valence-corrected chi connectivity index (χ4v) is 3.41. The molecule has 150 valence electrons. The van der Waals surface area contributed by atoms with Gasteiger partial charge in [-0.2, -0.15) is 5.10 Å². The number of nitrogens with zero attached hydrogens (tertiary/aromatic N) is 2. The van der Waals surface area contributed by atoms with E-state index in [1.54, 1.807) is 28.9 Å². The van der Waals surface area contributed by atoms with E-state index in [9.17, 15) is 9.59 Å². The topological polar surface area (TPSA) is 90.0 Å². The van der Waals surface area contributed by atoms with E-state index in [1.165, 1.54) is 0 Å². The van der Waals surface area contributed by atoms with Gasteiger partial charge in [0.25, 0.3) is 0 Å². The van der Waals surface area contributed by atoms with Crippen molar-refractivity contribution in [3.05, 3.63) is 81.6 Å². The third kappa shape index (κ3) is 4.49. The summed E-state index contributed by atoms with van der Waals surface area (Å²) in [5.74, 6) is -0.909. The number of benzene rings is 2. The third-order valence-electron chi connectivity index (χ3n) is 4.90. The highest BCUT2D eigenvalue weighted by Crippen LogP contribution is 2.23. The van der Waals surface area contributed by atoms with Crippen LogP contribution >= 0.6 is 11.6 Å². The summed E-state index contributed by atoms with van der Waals surface area (Å²) in [6.45, 7) is 5.69. The van der Waals surface area contributed by atoms with Crippen LogP contribution < -0.4 is 11.1 Å². The van der Waals surface area contributed by atoms with E-state index in [2.05, 4.69) is 10.4 Å². The summed E-state index contributed by atoms with van der Waals surface area (Å²) < 4.78 is 1.77. The van der Waals surface area contributed by atoms with Crippen molar-refractivity contribution in [3.63, 3.8) is 0 Å². The Bertz CT molecular complexity index is 1060. The standard InChI is InChI=1S/C22H23ClN4O2/c1-13-9-10-17(11-19(13)23)27-15(3)18(14(2)26-27)12-20(28)25-21(22(24)29)16-7-5-4-6-8-16/h4-11,21H,12H2,1-3H3,(H2,24,29)(H,25,28). The first kappa shape index (κ1) is 20.6. The Balaban J connectivity index is 1.83. The second kappa shape index (κ2) is 8.49. The highest BCUT2D eigenvalue weighted by molar-refractivity contribution is 6.31. The highest BCUT2D eigenvalue weighted by atomic mass is 35.5. The molecule has 0 saturated heterocycles. The van der Waals surface area contributed by atoms with Crippen LogP contribution in [0.3, 0.4) is 0 Å². The first-order chi connectivity index (χ1) is 13.8. The summed E-state index contributed by atoms with van der Waals surface area (Å²) in [5, 5.41) is 7.95. The Hall–Kier alpha value is -3.12. The van der Waals surface area contributed by atoms with Crippen molar-refractivity contribution in [3.8, 4) is 5.69 Å². The molecule has 2 aromatic carbocycles. The number of halogens is 1. The van der Waals surface area contributed by atoms with Crippen molar-refractivity contribution in [2.24, 2.45) is 5.73 Å². The maximum Gasteiger partial charge on any atom is 0.244 e. The molecule has 0 aliphatic rings. The van der Waals surface area contributed by atoms with E-state index in [0.717, 1.165) is 28.2 Å². The molecule has 3 N–H and O–H groups in total. The van der Waals surface area contributed by atoms with Crippen molar-refractivity contribution in [1.29, 1.82) is 0 Å². The van der Waals surface area contributed by atoms with Crippen LogP contribution in [0.4, 0.5) is 0 Å². The number of hydrogen-bond donors (Lipinski definition) is 2. The molecule has 3 aromatic rings. The molecule has 3 rings (SSSR count). The Morgan fingerprint density at radius 2 is 1.83 bits per heavy atom. The predicted molar refractivity (Wildman–Crippen MR) is 113 cm³/mol. The average molecular weight is 411 g/mol. The maximum atomic E-state index is 12.7. The number of nitrogens with two attached hydrogens (primary N) is 1. The van der Waals surface area contributed by atoms with Gasteiger partial charge in [-0.15, -0.1) is 0 Å². The monoisotopic (exact) mass is 410 g/mol. The molecule has 29 heavy (non-hydrogen) atoms. The van der Waals surface area contributed by atoms with Gasteiger partial charge < -0.3 is 11.1 Å². The van der Waals surface area contributed by atoms with Crippen LogP contribution in [-0.4, -0.2) is 21.6 Å². The van der Waals surface area contributed by atoms with E-state index in [0.29, 0.717) is 10.6 Å². The number of amides is 2. The van der Waals surface area contributed by atoms with Gasteiger partial charge in [-0.1, -0.05) is 48.0 Å². The molecule has 1 aromatic heterocycles. The number of primary amides is 1. The summed E-state index contributed by atoms with van der Waals surface area (Å²) in [5.41, 5.74) is 10.3. The number of rotatable bonds is 6. The van der Waals surface area contributed by atoms with Gasteiger partial charge in [-0.25, -0.2) is 4.68 Å². The van der Waals surface area contributed by atoms with E-state index in [1.807, 2.05) is 45.0 Å². The molecule has 0 aliphatic carbocycles. The quantitative estimate of drug-likeness (QED) is 0.653. The van der Waals surface area contributed by atoms with Gasteiger partial charge in [0.1, 0.15) is 6.04 Å². The van der Waals surface area contributed by atoms with Crippen molar-refractivity contribution in [2.45, 2.75) is 33.2 Å². The Morgan fingerprint density at radius 3 is 2.45 bits per heavy atom. The van der Waals surface area contributed by atoms with E-state index < -0.39 is 11.9 Å². The van der Waals surface area contributed by atoms with E-state index in [4.69, 9.17) is 17.3 Å². The Kier molecular flexibility index (Phi) is 6.03. The number of nitrogens with one attached hydrogen (secondary N) is 1. The number of carbonyl (C=O) groups excluding carboxylic acids is 2. The number of aromatic nitrogens is 2. The third-order valence-corrected chi connectivity index (χ3v) is 5.31. The summed E-state index contributed by atoms with van der Waals surface area (Å²) in [7, 11) is 0. The minimum Gasteiger partial charge on any atom is -0.368 e. The zero-order valence-electron chi connectivity index (χ0n) is 16.6. The molecule has 1 heterocycles. The van der Waals surface area contributed by atoms with E-state index in [-0.39, 0.29) is 12.3 Å². The fourth-order valence-electron chi connectivity index (χ4n) is 3.23. The summed E-state index contributed by atoms with van der Waals surface area (Å²) >= 11 is 6.24. The van der Waals surface area contributed by atoms with Crippen LogP contribution in [0.25, 0.3) is 5.69 Å². The van der Waals surface area contributed by atoms with Crippen molar-refractivity contribution in [1.82, 2.24) is 15.1 Å². The minimum absolute atomic E-state index is 0.0911. The molecule has 6 nitrogen and oxygen atoms in total. The van der Waals surface area contributed by atoms with Gasteiger partial charge in [-0.05, 0) is 44.0 Å². The molecule has 0 aliphatic heterocycles. The van der Waals surface area contributed by atoms with Gasteiger partial charge in [0.05, 0.1) is 17.8 Å². The van der Waals surface area contributed by atoms with Crippen LogP contribution in [-0.2, 0) is 16.0 Å². The van der Waals surface area contributed by atoms with Crippen LogP contribution in [0.1, 0.15) is 34.1 Å². The SMILES string of the molecule is Cc1ccc(-n2nc(C)c(CC(=O)NC(C(N)=O)c3ccccc3)c2C)cc1Cl. The lowest BCUT2D eigenvalue weighted by molar-refractivity contribution is -0.127. The second-order valence-electron chi connectivity index (χ2n) is 6.99. The molecule has 0 spiro atoms. The van der Waals surface area contributed by atoms with Gasteiger partial charge in [-0.3, -0.25) is 9.59 Å². The average Bonchev–Trinajstić information content (AvgIpc) is 2.97. The lowest BCUT2D eigenvalue weighted by atomic mass is 10.1. The molecular weight excluding hydrogens is 388 g/mol. The summed E-state index contributed by atoms with van der Waals surface area (Å²) in [6, 6.07) is 13.8. The maximum absolute atomic E-state index is 12.7. The fraction of sp³-hybridized carbons (Fsp3) is 0.227. The van der Waals surface area contributed by atoms with Gasteiger partial charge in [0.2, 0.25) is 11.8 Å². The largest absolute Gasteiger partial charge is 0.368 e. The molecule has 0 bridgehead atoms. The number of carbonyl (C=O) groups is 2. The zero-order valence-corrected chi connectivity index (χ0v) is 17.3. The number of hydrogen-bond acceptors (Lipinski definition) is 3. The van der Waals surface area contributed by atoms with Crippen LogP contribution in [0.15, 0.2) is 48.5 Å². The number of aryl methyl sites for hydroxylation is 2.